The number of aromatic nitrogens is 1. The SMILES string of the molecule is COCC1(C)CCN(C(=O)c2cc(C(=O)O)ccn2)CC1. The van der Waals surface area contributed by atoms with Crippen molar-refractivity contribution >= 4 is 11.9 Å². The Morgan fingerprint density at radius 1 is 1.43 bits per heavy atom. The summed E-state index contributed by atoms with van der Waals surface area (Å²) in [5.74, 6) is -1.27. The van der Waals surface area contributed by atoms with Crippen LogP contribution in [-0.2, 0) is 4.74 Å². The van der Waals surface area contributed by atoms with Crippen LogP contribution in [0.25, 0.3) is 0 Å². The average Bonchev–Trinajstić information content (AvgIpc) is 2.47. The van der Waals surface area contributed by atoms with Gasteiger partial charge in [-0.15, -0.1) is 0 Å². The number of hydrogen-bond acceptors (Lipinski definition) is 4. The van der Waals surface area contributed by atoms with E-state index in [1.165, 1.54) is 18.3 Å². The van der Waals surface area contributed by atoms with Gasteiger partial charge in [0.15, 0.2) is 0 Å². The summed E-state index contributed by atoms with van der Waals surface area (Å²) >= 11 is 0. The van der Waals surface area contributed by atoms with Gasteiger partial charge in [0.1, 0.15) is 5.69 Å². The van der Waals surface area contributed by atoms with Crippen LogP contribution in [0.3, 0.4) is 0 Å². The summed E-state index contributed by atoms with van der Waals surface area (Å²) < 4.78 is 5.23. The lowest BCUT2D eigenvalue weighted by atomic mass is 9.81. The summed E-state index contributed by atoms with van der Waals surface area (Å²) in [6, 6.07) is 2.71. The first kappa shape index (κ1) is 15.4. The normalized spacial score (nSPS) is 17.5. The summed E-state index contributed by atoms with van der Waals surface area (Å²) in [6.45, 7) is 4.11. The van der Waals surface area contributed by atoms with Crippen LogP contribution in [0.2, 0.25) is 0 Å². The van der Waals surface area contributed by atoms with Crippen molar-refractivity contribution in [1.29, 1.82) is 0 Å². The largest absolute Gasteiger partial charge is 0.478 e. The second-order valence-electron chi connectivity index (χ2n) is 5.77. The first-order chi connectivity index (χ1) is 9.95. The summed E-state index contributed by atoms with van der Waals surface area (Å²) in [5.41, 5.74) is 0.363. The summed E-state index contributed by atoms with van der Waals surface area (Å²) in [4.78, 5) is 29.0. The number of carbonyl (C=O) groups is 2. The molecule has 1 aromatic heterocycles. The minimum absolute atomic E-state index is 0.0783. The molecule has 0 aliphatic carbocycles. The van der Waals surface area contributed by atoms with Crippen LogP contribution in [0.5, 0.6) is 0 Å². The molecule has 1 N–H and O–H groups in total. The Bertz CT molecular complexity index is 536. The summed E-state index contributed by atoms with van der Waals surface area (Å²) in [7, 11) is 1.68. The number of methoxy groups -OCH3 is 1. The summed E-state index contributed by atoms with van der Waals surface area (Å²) in [6.07, 6.45) is 3.09. The van der Waals surface area contributed by atoms with Crippen LogP contribution in [-0.4, -0.2) is 53.7 Å². The van der Waals surface area contributed by atoms with Gasteiger partial charge < -0.3 is 14.7 Å². The molecule has 1 aliphatic rings. The van der Waals surface area contributed by atoms with Gasteiger partial charge in [-0.25, -0.2) is 4.79 Å². The van der Waals surface area contributed by atoms with Crippen molar-refractivity contribution in [2.24, 2.45) is 5.41 Å². The van der Waals surface area contributed by atoms with Gasteiger partial charge in [-0.1, -0.05) is 6.92 Å². The number of carboxylic acid groups (broad SMARTS) is 1. The van der Waals surface area contributed by atoms with Gasteiger partial charge >= 0.3 is 5.97 Å². The third kappa shape index (κ3) is 3.58. The number of piperidine rings is 1. The number of hydrogen-bond donors (Lipinski definition) is 1. The van der Waals surface area contributed by atoms with Gasteiger partial charge in [0.2, 0.25) is 0 Å². The number of nitrogens with zero attached hydrogens (tertiary/aromatic N) is 2. The van der Waals surface area contributed by atoms with Crippen LogP contribution in [0.4, 0.5) is 0 Å². The smallest absolute Gasteiger partial charge is 0.335 e. The summed E-state index contributed by atoms with van der Waals surface area (Å²) in [5, 5.41) is 8.96. The molecule has 1 aliphatic heterocycles. The van der Waals surface area contributed by atoms with Crippen molar-refractivity contribution in [2.75, 3.05) is 26.8 Å². The number of carboxylic acids is 1. The zero-order valence-corrected chi connectivity index (χ0v) is 12.3. The number of carbonyl (C=O) groups excluding carboxylic acids is 1. The molecule has 6 nitrogen and oxygen atoms in total. The standard InChI is InChI=1S/C15H20N2O4/c1-15(10-21-2)4-7-17(8-5-15)13(18)12-9-11(14(19)20)3-6-16-12/h3,6,9H,4-5,7-8,10H2,1-2H3,(H,19,20). The molecule has 0 saturated carbocycles. The van der Waals surface area contributed by atoms with E-state index >= 15 is 0 Å². The Morgan fingerprint density at radius 3 is 2.67 bits per heavy atom. The lowest BCUT2D eigenvalue weighted by Gasteiger charge is -2.38. The molecular formula is C15H20N2O4. The van der Waals surface area contributed by atoms with Crippen LogP contribution in [0.1, 0.15) is 40.6 Å². The Kier molecular flexibility index (Phi) is 4.57. The van der Waals surface area contributed by atoms with E-state index in [0.29, 0.717) is 19.7 Å². The number of amides is 1. The number of ether oxygens (including phenoxy) is 1. The first-order valence-electron chi connectivity index (χ1n) is 6.93. The maximum atomic E-state index is 12.4. The molecule has 1 fully saturated rings. The fourth-order valence-corrected chi connectivity index (χ4v) is 2.58. The van der Waals surface area contributed by atoms with E-state index in [-0.39, 0.29) is 22.6 Å². The Labute approximate surface area is 123 Å². The zero-order valence-electron chi connectivity index (χ0n) is 12.3. The van der Waals surface area contributed by atoms with Crippen molar-refractivity contribution in [3.8, 4) is 0 Å². The molecule has 0 unspecified atom stereocenters. The van der Waals surface area contributed by atoms with E-state index in [0.717, 1.165) is 12.8 Å². The molecule has 0 radical (unpaired) electrons. The highest BCUT2D eigenvalue weighted by atomic mass is 16.5. The number of likely N-dealkylation sites (tertiary alicyclic amines) is 1. The molecule has 6 heteroatoms. The van der Waals surface area contributed by atoms with Gasteiger partial charge in [0.05, 0.1) is 12.2 Å². The zero-order chi connectivity index (χ0) is 15.5. The molecular weight excluding hydrogens is 272 g/mol. The fraction of sp³-hybridized carbons (Fsp3) is 0.533. The first-order valence-corrected chi connectivity index (χ1v) is 6.93. The second-order valence-corrected chi connectivity index (χ2v) is 5.77. The molecule has 114 valence electrons. The molecule has 0 atom stereocenters. The molecule has 1 amide bonds. The number of aromatic carboxylic acids is 1. The highest BCUT2D eigenvalue weighted by Gasteiger charge is 2.32. The van der Waals surface area contributed by atoms with Crippen molar-refractivity contribution in [3.63, 3.8) is 0 Å². The van der Waals surface area contributed by atoms with Gasteiger partial charge in [-0.05, 0) is 30.4 Å². The van der Waals surface area contributed by atoms with Crippen molar-refractivity contribution in [1.82, 2.24) is 9.88 Å². The van der Waals surface area contributed by atoms with E-state index < -0.39 is 5.97 Å². The van der Waals surface area contributed by atoms with Crippen LogP contribution in [0, 0.1) is 5.41 Å². The monoisotopic (exact) mass is 292 g/mol. The van der Waals surface area contributed by atoms with E-state index in [9.17, 15) is 9.59 Å². The minimum atomic E-state index is -1.06. The molecule has 0 bridgehead atoms. The minimum Gasteiger partial charge on any atom is -0.478 e. The predicted molar refractivity (Wildman–Crippen MR) is 76.3 cm³/mol. The molecule has 1 saturated heterocycles. The van der Waals surface area contributed by atoms with Gasteiger partial charge in [-0.2, -0.15) is 0 Å². The molecule has 21 heavy (non-hydrogen) atoms. The topological polar surface area (TPSA) is 79.7 Å². The van der Waals surface area contributed by atoms with Gasteiger partial charge in [-0.3, -0.25) is 9.78 Å². The van der Waals surface area contributed by atoms with Crippen molar-refractivity contribution in [2.45, 2.75) is 19.8 Å². The lowest BCUT2D eigenvalue weighted by molar-refractivity contribution is 0.0299. The predicted octanol–water partition coefficient (Wildman–Crippen LogP) is 1.67. The Hall–Kier alpha value is -1.95. The molecule has 2 rings (SSSR count). The highest BCUT2D eigenvalue weighted by Crippen LogP contribution is 2.31. The average molecular weight is 292 g/mol. The number of pyridine rings is 1. The molecule has 0 spiro atoms. The molecule has 2 heterocycles. The van der Waals surface area contributed by atoms with E-state index in [1.807, 2.05) is 0 Å². The Balaban J connectivity index is 2.05. The second kappa shape index (κ2) is 6.22. The van der Waals surface area contributed by atoms with Gasteiger partial charge in [0, 0.05) is 26.4 Å². The van der Waals surface area contributed by atoms with Crippen LogP contribution in [0.15, 0.2) is 18.3 Å². The Morgan fingerprint density at radius 2 is 2.10 bits per heavy atom. The number of rotatable bonds is 4. The third-order valence-corrected chi connectivity index (χ3v) is 3.98. The maximum absolute atomic E-state index is 12.4. The van der Waals surface area contributed by atoms with E-state index in [4.69, 9.17) is 9.84 Å². The van der Waals surface area contributed by atoms with Crippen LogP contribution < -0.4 is 0 Å². The van der Waals surface area contributed by atoms with E-state index in [1.54, 1.807) is 12.0 Å². The molecule has 0 aromatic carbocycles. The van der Waals surface area contributed by atoms with Crippen molar-refractivity contribution in [3.05, 3.63) is 29.6 Å². The van der Waals surface area contributed by atoms with Crippen LogP contribution >= 0.6 is 0 Å². The molecule has 1 aromatic rings. The quantitative estimate of drug-likeness (QED) is 0.913. The van der Waals surface area contributed by atoms with E-state index in [2.05, 4.69) is 11.9 Å². The fourth-order valence-electron chi connectivity index (χ4n) is 2.58. The van der Waals surface area contributed by atoms with Gasteiger partial charge in [0.25, 0.3) is 5.91 Å². The maximum Gasteiger partial charge on any atom is 0.335 e. The lowest BCUT2D eigenvalue weighted by Crippen LogP contribution is -2.43. The third-order valence-electron chi connectivity index (χ3n) is 3.98. The van der Waals surface area contributed by atoms with Crippen molar-refractivity contribution < 1.29 is 19.4 Å². The highest BCUT2D eigenvalue weighted by molar-refractivity contribution is 5.95.